The van der Waals surface area contributed by atoms with Crippen LogP contribution in [0.5, 0.6) is 0 Å². The Hall–Kier alpha value is -0.360. The van der Waals surface area contributed by atoms with E-state index in [0.717, 1.165) is 18.8 Å². The van der Waals surface area contributed by atoms with E-state index in [0.29, 0.717) is 6.61 Å². The summed E-state index contributed by atoms with van der Waals surface area (Å²) in [6.45, 7) is 5.00. The molecule has 0 aromatic carbocycles. The number of carboxylic acid groups (broad SMARTS) is 1. The summed E-state index contributed by atoms with van der Waals surface area (Å²) in [6, 6.07) is 0. The van der Waals surface area contributed by atoms with Crippen LogP contribution in [0.4, 0.5) is 0 Å². The highest BCUT2D eigenvalue weighted by atomic mass is 32.1. The number of unbranched alkanes of at least 4 members (excludes halogenated alkanes) is 2. The minimum absolute atomic E-state index is 0.0833. The van der Waals surface area contributed by atoms with Crippen LogP contribution in [0.2, 0.25) is 0 Å². The second-order valence-corrected chi connectivity index (χ2v) is 4.81. The zero-order chi connectivity index (χ0) is 14.4. The summed E-state index contributed by atoms with van der Waals surface area (Å²) in [5.41, 5.74) is 0. The molecule has 0 radical (unpaired) electrons. The van der Waals surface area contributed by atoms with Crippen molar-refractivity contribution in [2.24, 2.45) is 5.92 Å². The molecule has 0 amide bonds. The average molecular weight is 296 g/mol. The van der Waals surface area contributed by atoms with Crippen LogP contribution in [0.1, 0.15) is 39.5 Å². The summed E-state index contributed by atoms with van der Waals surface area (Å²) >= 11 is 7.23. The quantitative estimate of drug-likeness (QED) is 0.366. The minimum atomic E-state index is -0.881. The molecule has 6 heteroatoms. The van der Waals surface area contributed by atoms with Gasteiger partial charge in [0.25, 0.3) is 0 Å². The van der Waals surface area contributed by atoms with Gasteiger partial charge in [-0.2, -0.15) is 25.3 Å². The summed E-state index contributed by atoms with van der Waals surface area (Å²) in [6.07, 6.45) is 4.63. The lowest BCUT2D eigenvalue weighted by atomic mass is 10.1. The molecule has 0 bridgehead atoms. The lowest BCUT2D eigenvalue weighted by Gasteiger charge is -2.04. The maximum absolute atomic E-state index is 10.7. The number of carbonyl (C=O) groups is 2. The monoisotopic (exact) mass is 296 g/mol. The van der Waals surface area contributed by atoms with Gasteiger partial charge in [-0.25, -0.2) is 0 Å². The summed E-state index contributed by atoms with van der Waals surface area (Å²) < 4.78 is 4.88. The number of carbonyl (C=O) groups excluding carboxylic acids is 1. The molecule has 0 rings (SSSR count). The van der Waals surface area contributed by atoms with Gasteiger partial charge in [-0.1, -0.05) is 33.1 Å². The highest BCUT2D eigenvalue weighted by Crippen LogP contribution is 2.07. The molecule has 0 aliphatic heterocycles. The van der Waals surface area contributed by atoms with Gasteiger partial charge in [-0.3, -0.25) is 9.59 Å². The van der Waals surface area contributed by atoms with E-state index >= 15 is 0 Å². The van der Waals surface area contributed by atoms with Gasteiger partial charge in [-0.15, -0.1) is 0 Å². The van der Waals surface area contributed by atoms with Crippen LogP contribution >= 0.6 is 25.3 Å². The van der Waals surface area contributed by atoms with Crippen LogP contribution in [0.15, 0.2) is 0 Å². The molecule has 0 aromatic rings. The third-order valence-corrected chi connectivity index (χ3v) is 2.48. The second-order valence-electron chi connectivity index (χ2n) is 4.17. The molecule has 18 heavy (non-hydrogen) atoms. The molecule has 0 unspecified atom stereocenters. The topological polar surface area (TPSA) is 63.6 Å². The largest absolute Gasteiger partial charge is 0.481 e. The number of thiol groups is 2. The molecule has 0 saturated heterocycles. The number of hydrogen-bond donors (Lipinski definition) is 3. The zero-order valence-corrected chi connectivity index (χ0v) is 12.9. The van der Waals surface area contributed by atoms with Crippen LogP contribution in [0.25, 0.3) is 0 Å². The fraction of sp³-hybridized carbons (Fsp3) is 0.833. The molecular weight excluding hydrogens is 272 g/mol. The van der Waals surface area contributed by atoms with Gasteiger partial charge in [0.1, 0.15) is 0 Å². The average Bonchev–Trinajstić information content (AvgIpc) is 2.33. The van der Waals surface area contributed by atoms with Crippen molar-refractivity contribution >= 4 is 37.2 Å². The fourth-order valence-electron chi connectivity index (χ4n) is 1.06. The number of aliphatic carboxylic acids is 1. The molecule has 0 aliphatic rings. The van der Waals surface area contributed by atoms with Crippen LogP contribution in [0, 0.1) is 5.92 Å². The number of rotatable bonds is 8. The van der Waals surface area contributed by atoms with Gasteiger partial charge in [0.05, 0.1) is 18.1 Å². The molecule has 0 fully saturated rings. The van der Waals surface area contributed by atoms with Gasteiger partial charge in [0.2, 0.25) is 0 Å². The molecule has 0 saturated carbocycles. The highest BCUT2D eigenvalue weighted by Gasteiger charge is 1.98. The van der Waals surface area contributed by atoms with E-state index in [4.69, 9.17) is 9.84 Å². The molecule has 0 atom stereocenters. The smallest absolute Gasteiger partial charge is 0.315 e. The van der Waals surface area contributed by atoms with E-state index in [1.165, 1.54) is 12.8 Å². The third-order valence-electron chi connectivity index (χ3n) is 1.95. The molecule has 0 aromatic heterocycles. The van der Waals surface area contributed by atoms with E-state index in [9.17, 15) is 9.59 Å². The van der Waals surface area contributed by atoms with Crippen LogP contribution in [-0.2, 0) is 14.3 Å². The number of carboxylic acids is 1. The standard InChI is InChI=1S/C10H20O2S.C2H4O2S/c1-9(2)6-4-3-5-7-12-10(11)8-13;3-2(4)1-5/h9,13H,3-8H2,1-2H3;5H,1H2,(H,3,4). The highest BCUT2D eigenvalue weighted by molar-refractivity contribution is 7.81. The molecule has 0 heterocycles. The van der Waals surface area contributed by atoms with E-state index in [1.807, 2.05) is 0 Å². The predicted molar refractivity (Wildman–Crippen MR) is 79.6 cm³/mol. The van der Waals surface area contributed by atoms with Crippen LogP contribution in [0.3, 0.4) is 0 Å². The van der Waals surface area contributed by atoms with Gasteiger partial charge in [0.15, 0.2) is 0 Å². The first-order chi connectivity index (χ1) is 8.43. The Bertz CT molecular complexity index is 220. The van der Waals surface area contributed by atoms with Gasteiger partial charge >= 0.3 is 11.9 Å². The fourth-order valence-corrected chi connectivity index (χ4v) is 1.15. The van der Waals surface area contributed by atoms with Crippen molar-refractivity contribution < 1.29 is 19.4 Å². The second kappa shape index (κ2) is 14.7. The van der Waals surface area contributed by atoms with Crippen molar-refractivity contribution in [2.75, 3.05) is 18.1 Å². The Labute approximate surface area is 120 Å². The summed E-state index contributed by atoms with van der Waals surface area (Å²) in [5.74, 6) is -0.216. The van der Waals surface area contributed by atoms with Crippen molar-refractivity contribution in [3.05, 3.63) is 0 Å². The van der Waals surface area contributed by atoms with E-state index in [1.54, 1.807) is 0 Å². The first-order valence-electron chi connectivity index (χ1n) is 6.03. The lowest BCUT2D eigenvalue weighted by molar-refractivity contribution is -0.140. The maximum atomic E-state index is 10.7. The van der Waals surface area contributed by atoms with Crippen molar-refractivity contribution in [1.82, 2.24) is 0 Å². The van der Waals surface area contributed by atoms with E-state index < -0.39 is 5.97 Å². The molecule has 108 valence electrons. The van der Waals surface area contributed by atoms with Crippen LogP contribution < -0.4 is 0 Å². The summed E-state index contributed by atoms with van der Waals surface area (Å²) in [5, 5.41) is 7.65. The summed E-state index contributed by atoms with van der Waals surface area (Å²) in [4.78, 5) is 19.9. The lowest BCUT2D eigenvalue weighted by Crippen LogP contribution is -2.06. The van der Waals surface area contributed by atoms with Gasteiger partial charge in [-0.05, 0) is 12.3 Å². The Balaban J connectivity index is 0. The Morgan fingerprint density at radius 3 is 2.06 bits per heavy atom. The van der Waals surface area contributed by atoms with E-state index in [-0.39, 0.29) is 17.5 Å². The minimum Gasteiger partial charge on any atom is -0.481 e. The Kier molecular flexibility index (Phi) is 16.3. The van der Waals surface area contributed by atoms with Crippen molar-refractivity contribution in [3.63, 3.8) is 0 Å². The Morgan fingerprint density at radius 2 is 1.67 bits per heavy atom. The molecule has 4 nitrogen and oxygen atoms in total. The zero-order valence-electron chi connectivity index (χ0n) is 11.1. The van der Waals surface area contributed by atoms with Gasteiger partial charge < -0.3 is 9.84 Å². The first-order valence-corrected chi connectivity index (χ1v) is 7.29. The normalized spacial score (nSPS) is 9.61. The third kappa shape index (κ3) is 21.0. The van der Waals surface area contributed by atoms with Crippen molar-refractivity contribution in [2.45, 2.75) is 39.5 Å². The number of esters is 1. The van der Waals surface area contributed by atoms with Crippen molar-refractivity contribution in [1.29, 1.82) is 0 Å². The predicted octanol–water partition coefficient (Wildman–Crippen LogP) is 2.68. The SMILES string of the molecule is CC(C)CCCCCOC(=O)CS.O=C(O)CS. The molecule has 1 N–H and O–H groups in total. The number of hydrogen-bond acceptors (Lipinski definition) is 5. The Morgan fingerprint density at radius 1 is 1.11 bits per heavy atom. The van der Waals surface area contributed by atoms with Crippen molar-refractivity contribution in [3.8, 4) is 0 Å². The first kappa shape index (κ1) is 20.0. The van der Waals surface area contributed by atoms with Crippen LogP contribution in [-0.4, -0.2) is 35.2 Å². The molecular formula is C12H24O4S2. The summed E-state index contributed by atoms with van der Waals surface area (Å²) in [7, 11) is 0. The van der Waals surface area contributed by atoms with E-state index in [2.05, 4.69) is 39.1 Å². The van der Waals surface area contributed by atoms with Gasteiger partial charge in [0, 0.05) is 0 Å². The molecule has 0 spiro atoms. The molecule has 0 aliphatic carbocycles. The number of ether oxygens (including phenoxy) is 1. The maximum Gasteiger partial charge on any atom is 0.315 e.